The van der Waals surface area contributed by atoms with Gasteiger partial charge in [-0.25, -0.2) is 0 Å². The summed E-state index contributed by atoms with van der Waals surface area (Å²) in [6.07, 6.45) is 2.71. The monoisotopic (exact) mass is 156 g/mol. The molecule has 2 nitrogen and oxygen atoms in total. The molecule has 1 saturated heterocycles. The van der Waals surface area contributed by atoms with Gasteiger partial charge >= 0.3 is 0 Å². The molecule has 0 radical (unpaired) electrons. The van der Waals surface area contributed by atoms with E-state index in [1.165, 1.54) is 32.5 Å². The zero-order chi connectivity index (χ0) is 8.10. The molecule has 0 amide bonds. The van der Waals surface area contributed by atoms with Crippen molar-refractivity contribution in [3.05, 3.63) is 0 Å². The highest BCUT2D eigenvalue weighted by Gasteiger charge is 2.18. The van der Waals surface area contributed by atoms with Gasteiger partial charge in [-0.2, -0.15) is 0 Å². The molecule has 0 spiro atoms. The zero-order valence-electron chi connectivity index (χ0n) is 7.77. The van der Waals surface area contributed by atoms with Crippen LogP contribution in [0.5, 0.6) is 0 Å². The van der Waals surface area contributed by atoms with Crippen molar-refractivity contribution >= 4 is 0 Å². The van der Waals surface area contributed by atoms with Gasteiger partial charge in [-0.05, 0) is 45.9 Å². The molecule has 0 aromatic carbocycles. The largest absolute Gasteiger partial charge is 0.317 e. The van der Waals surface area contributed by atoms with Crippen molar-refractivity contribution in [1.82, 2.24) is 10.2 Å². The maximum absolute atomic E-state index is 3.36. The predicted octanol–water partition coefficient (Wildman–Crippen LogP) is 1.08. The first kappa shape index (κ1) is 9.01. The van der Waals surface area contributed by atoms with E-state index in [1.807, 2.05) is 0 Å². The second-order valence-electron chi connectivity index (χ2n) is 3.38. The molecule has 1 unspecified atom stereocenters. The van der Waals surface area contributed by atoms with Crippen LogP contribution in [0, 0.1) is 0 Å². The van der Waals surface area contributed by atoms with Crippen LogP contribution in [-0.4, -0.2) is 37.1 Å². The molecule has 0 bridgehead atoms. The molecular formula is C9H20N2. The summed E-state index contributed by atoms with van der Waals surface area (Å²) in [5.74, 6) is 0. The average molecular weight is 156 g/mol. The minimum atomic E-state index is 0.794. The summed E-state index contributed by atoms with van der Waals surface area (Å²) >= 11 is 0. The fourth-order valence-corrected chi connectivity index (χ4v) is 1.45. The van der Waals surface area contributed by atoms with Gasteiger partial charge in [-0.15, -0.1) is 0 Å². The lowest BCUT2D eigenvalue weighted by molar-refractivity contribution is 0.122. The van der Waals surface area contributed by atoms with Crippen molar-refractivity contribution in [3.8, 4) is 0 Å². The highest BCUT2D eigenvalue weighted by molar-refractivity contribution is 4.75. The van der Waals surface area contributed by atoms with Gasteiger partial charge in [-0.3, -0.25) is 0 Å². The van der Waals surface area contributed by atoms with Crippen molar-refractivity contribution < 1.29 is 0 Å². The molecule has 1 N–H and O–H groups in total. The highest BCUT2D eigenvalue weighted by Crippen LogP contribution is 2.12. The Hall–Kier alpha value is -0.0800. The molecule has 1 aliphatic rings. The Morgan fingerprint density at radius 1 is 1.45 bits per heavy atom. The fraction of sp³-hybridized carbons (Fsp3) is 1.00. The molecule has 0 aromatic rings. The first-order valence-electron chi connectivity index (χ1n) is 4.79. The lowest BCUT2D eigenvalue weighted by atomic mass is 10.1. The third-order valence-corrected chi connectivity index (χ3v) is 2.50. The van der Waals surface area contributed by atoms with Gasteiger partial charge in [0.15, 0.2) is 0 Å². The van der Waals surface area contributed by atoms with Gasteiger partial charge < -0.3 is 10.2 Å². The summed E-state index contributed by atoms with van der Waals surface area (Å²) in [6.45, 7) is 9.42. The topological polar surface area (TPSA) is 15.3 Å². The fourth-order valence-electron chi connectivity index (χ4n) is 1.45. The van der Waals surface area contributed by atoms with E-state index >= 15 is 0 Å². The molecular weight excluding hydrogens is 136 g/mol. The Bertz CT molecular complexity index is 99.7. The first-order chi connectivity index (χ1) is 5.34. The SMILES string of the molecule is CCNCCC(C)N1CCC1. The molecule has 1 heterocycles. The summed E-state index contributed by atoms with van der Waals surface area (Å²) in [5.41, 5.74) is 0. The minimum absolute atomic E-state index is 0.794. The van der Waals surface area contributed by atoms with Gasteiger partial charge in [0.1, 0.15) is 0 Å². The molecule has 1 atom stereocenters. The summed E-state index contributed by atoms with van der Waals surface area (Å²) in [4.78, 5) is 2.55. The van der Waals surface area contributed by atoms with Gasteiger partial charge in [0.2, 0.25) is 0 Å². The number of hydrogen-bond donors (Lipinski definition) is 1. The Morgan fingerprint density at radius 2 is 2.18 bits per heavy atom. The molecule has 0 aliphatic carbocycles. The minimum Gasteiger partial charge on any atom is -0.317 e. The van der Waals surface area contributed by atoms with E-state index in [1.54, 1.807) is 0 Å². The van der Waals surface area contributed by atoms with Crippen LogP contribution < -0.4 is 5.32 Å². The maximum atomic E-state index is 3.36. The summed E-state index contributed by atoms with van der Waals surface area (Å²) in [5, 5.41) is 3.36. The van der Waals surface area contributed by atoms with E-state index in [4.69, 9.17) is 0 Å². The van der Waals surface area contributed by atoms with E-state index in [9.17, 15) is 0 Å². The molecule has 1 rings (SSSR count). The van der Waals surface area contributed by atoms with Gasteiger partial charge in [0.25, 0.3) is 0 Å². The Kier molecular flexibility index (Phi) is 3.87. The zero-order valence-corrected chi connectivity index (χ0v) is 7.77. The third kappa shape index (κ3) is 2.80. The van der Waals surface area contributed by atoms with Crippen molar-refractivity contribution in [2.45, 2.75) is 32.7 Å². The van der Waals surface area contributed by atoms with Gasteiger partial charge in [0.05, 0.1) is 0 Å². The van der Waals surface area contributed by atoms with E-state index in [-0.39, 0.29) is 0 Å². The van der Waals surface area contributed by atoms with Crippen molar-refractivity contribution in [2.24, 2.45) is 0 Å². The van der Waals surface area contributed by atoms with Crippen LogP contribution in [-0.2, 0) is 0 Å². The van der Waals surface area contributed by atoms with Crippen LogP contribution in [0.3, 0.4) is 0 Å². The van der Waals surface area contributed by atoms with E-state index in [0.29, 0.717) is 0 Å². The highest BCUT2D eigenvalue weighted by atomic mass is 15.2. The van der Waals surface area contributed by atoms with Crippen molar-refractivity contribution in [1.29, 1.82) is 0 Å². The van der Waals surface area contributed by atoms with Crippen LogP contribution in [0.4, 0.5) is 0 Å². The average Bonchev–Trinajstić information content (AvgIpc) is 1.84. The van der Waals surface area contributed by atoms with Gasteiger partial charge in [0, 0.05) is 6.04 Å². The second-order valence-corrected chi connectivity index (χ2v) is 3.38. The molecule has 11 heavy (non-hydrogen) atoms. The van der Waals surface area contributed by atoms with Crippen LogP contribution in [0.2, 0.25) is 0 Å². The summed E-state index contributed by atoms with van der Waals surface area (Å²) in [6, 6.07) is 0.794. The van der Waals surface area contributed by atoms with Crippen LogP contribution in [0.15, 0.2) is 0 Å². The van der Waals surface area contributed by atoms with E-state index in [2.05, 4.69) is 24.1 Å². The van der Waals surface area contributed by atoms with Crippen molar-refractivity contribution in [2.75, 3.05) is 26.2 Å². The standard InChI is InChI=1S/C9H20N2/c1-3-10-6-5-9(2)11-7-4-8-11/h9-10H,3-8H2,1-2H3. The molecule has 66 valence electrons. The molecule has 0 aromatic heterocycles. The van der Waals surface area contributed by atoms with E-state index < -0.39 is 0 Å². The second kappa shape index (κ2) is 4.73. The van der Waals surface area contributed by atoms with Crippen LogP contribution >= 0.6 is 0 Å². The summed E-state index contributed by atoms with van der Waals surface area (Å²) < 4.78 is 0. The summed E-state index contributed by atoms with van der Waals surface area (Å²) in [7, 11) is 0. The Morgan fingerprint density at radius 3 is 2.64 bits per heavy atom. The smallest absolute Gasteiger partial charge is 0.00790 e. The Labute approximate surface area is 70.0 Å². The van der Waals surface area contributed by atoms with Crippen LogP contribution in [0.1, 0.15) is 26.7 Å². The number of rotatable bonds is 5. The number of nitrogens with one attached hydrogen (secondary N) is 1. The lowest BCUT2D eigenvalue weighted by Crippen LogP contribution is -2.44. The molecule has 1 fully saturated rings. The number of hydrogen-bond acceptors (Lipinski definition) is 2. The Balaban J connectivity index is 1.96. The first-order valence-corrected chi connectivity index (χ1v) is 4.79. The van der Waals surface area contributed by atoms with E-state index in [0.717, 1.165) is 12.6 Å². The quantitative estimate of drug-likeness (QED) is 0.599. The van der Waals surface area contributed by atoms with Crippen molar-refractivity contribution in [3.63, 3.8) is 0 Å². The lowest BCUT2D eigenvalue weighted by Gasteiger charge is -2.36. The maximum Gasteiger partial charge on any atom is 0.00790 e. The van der Waals surface area contributed by atoms with Gasteiger partial charge in [-0.1, -0.05) is 6.92 Å². The number of nitrogens with zero attached hydrogens (tertiary/aromatic N) is 1. The van der Waals surface area contributed by atoms with Crippen LogP contribution in [0.25, 0.3) is 0 Å². The molecule has 0 saturated carbocycles. The molecule has 2 heteroatoms. The molecule has 1 aliphatic heterocycles. The third-order valence-electron chi connectivity index (χ3n) is 2.50. The normalized spacial score (nSPS) is 21.3. The number of likely N-dealkylation sites (tertiary alicyclic amines) is 1. The predicted molar refractivity (Wildman–Crippen MR) is 48.8 cm³/mol.